The first-order valence-corrected chi connectivity index (χ1v) is 14.3. The van der Waals surface area contributed by atoms with Crippen LogP contribution in [0, 0.1) is 0 Å². The number of nitrogens with zero attached hydrogens (tertiary/aromatic N) is 3. The normalized spacial score (nSPS) is 11.8. The first kappa shape index (κ1) is 23.1. The minimum Gasteiger partial charge on any atom is -0.309 e. The lowest BCUT2D eigenvalue weighted by molar-refractivity contribution is 1.14. The van der Waals surface area contributed by atoms with Crippen LogP contribution in [0.4, 0.5) is 0 Å². The summed E-state index contributed by atoms with van der Waals surface area (Å²) in [6, 6.07) is 52.3. The van der Waals surface area contributed by atoms with E-state index >= 15 is 0 Å². The van der Waals surface area contributed by atoms with Crippen LogP contribution in [0.5, 0.6) is 0 Å². The van der Waals surface area contributed by atoms with E-state index in [-0.39, 0.29) is 0 Å². The highest BCUT2D eigenvalue weighted by atomic mass is 15.0. The van der Waals surface area contributed by atoms with Crippen LogP contribution in [0.1, 0.15) is 0 Å². The Hall–Kier alpha value is -5.67. The summed E-state index contributed by atoms with van der Waals surface area (Å²) in [6.45, 7) is 0. The second kappa shape index (κ2) is 8.92. The van der Waals surface area contributed by atoms with Gasteiger partial charge in [-0.2, -0.15) is 0 Å². The molecule has 196 valence electrons. The molecular formula is C39H25N3. The zero-order valence-corrected chi connectivity index (χ0v) is 22.8. The Morgan fingerprint density at radius 1 is 0.429 bits per heavy atom. The largest absolute Gasteiger partial charge is 0.309 e. The summed E-state index contributed by atoms with van der Waals surface area (Å²) in [4.78, 5) is 4.88. The summed E-state index contributed by atoms with van der Waals surface area (Å²) in [5.41, 5.74) is 9.21. The van der Waals surface area contributed by atoms with E-state index in [1.165, 1.54) is 49.1 Å². The molecule has 3 aromatic heterocycles. The van der Waals surface area contributed by atoms with Gasteiger partial charge in [0.1, 0.15) is 5.65 Å². The Morgan fingerprint density at radius 2 is 1.14 bits per heavy atom. The van der Waals surface area contributed by atoms with Crippen LogP contribution in [-0.2, 0) is 0 Å². The predicted octanol–water partition coefficient (Wildman–Crippen LogP) is 10.1. The van der Waals surface area contributed by atoms with Crippen molar-refractivity contribution in [2.24, 2.45) is 0 Å². The molecule has 3 heteroatoms. The monoisotopic (exact) mass is 535 g/mol. The van der Waals surface area contributed by atoms with Crippen LogP contribution in [0.2, 0.25) is 0 Å². The van der Waals surface area contributed by atoms with Gasteiger partial charge in [0.2, 0.25) is 0 Å². The lowest BCUT2D eigenvalue weighted by Crippen LogP contribution is -1.96. The highest BCUT2D eigenvalue weighted by Gasteiger charge is 2.21. The van der Waals surface area contributed by atoms with E-state index in [2.05, 4.69) is 149 Å². The summed E-state index contributed by atoms with van der Waals surface area (Å²) in [7, 11) is 0. The van der Waals surface area contributed by atoms with E-state index in [1.807, 2.05) is 12.3 Å². The van der Waals surface area contributed by atoms with Crippen molar-refractivity contribution >= 4 is 54.5 Å². The van der Waals surface area contributed by atoms with E-state index < -0.39 is 0 Å². The molecular weight excluding hydrogens is 510 g/mol. The highest BCUT2D eigenvalue weighted by Crippen LogP contribution is 2.43. The molecule has 0 saturated carbocycles. The van der Waals surface area contributed by atoms with Crippen LogP contribution in [0.25, 0.3) is 77.0 Å². The van der Waals surface area contributed by atoms with Gasteiger partial charge in [0.25, 0.3) is 0 Å². The van der Waals surface area contributed by atoms with E-state index in [0.717, 1.165) is 27.9 Å². The summed E-state index contributed by atoms with van der Waals surface area (Å²) in [5.74, 6) is 0. The molecule has 9 aromatic rings. The van der Waals surface area contributed by atoms with Gasteiger partial charge in [-0.25, -0.2) is 4.98 Å². The van der Waals surface area contributed by atoms with Crippen molar-refractivity contribution in [3.63, 3.8) is 0 Å². The van der Waals surface area contributed by atoms with Gasteiger partial charge in [0.15, 0.2) is 0 Å². The number of hydrogen-bond acceptors (Lipinski definition) is 1. The minimum atomic E-state index is 0.966. The minimum absolute atomic E-state index is 0.966. The van der Waals surface area contributed by atoms with Crippen molar-refractivity contribution in [1.29, 1.82) is 0 Å². The third-order valence-electron chi connectivity index (χ3n) is 8.54. The quantitative estimate of drug-likeness (QED) is 0.221. The van der Waals surface area contributed by atoms with Gasteiger partial charge >= 0.3 is 0 Å². The van der Waals surface area contributed by atoms with Gasteiger partial charge in [-0.3, -0.25) is 4.57 Å². The van der Waals surface area contributed by atoms with Gasteiger partial charge in [-0.05, 0) is 64.9 Å². The second-order valence-electron chi connectivity index (χ2n) is 10.8. The molecule has 3 nitrogen and oxygen atoms in total. The molecule has 9 rings (SSSR count). The van der Waals surface area contributed by atoms with E-state index in [9.17, 15) is 0 Å². The van der Waals surface area contributed by atoms with Gasteiger partial charge in [0.05, 0.1) is 16.6 Å². The van der Waals surface area contributed by atoms with Crippen molar-refractivity contribution in [2.75, 3.05) is 0 Å². The Bertz CT molecular complexity index is 2460. The van der Waals surface area contributed by atoms with Crippen LogP contribution >= 0.6 is 0 Å². The van der Waals surface area contributed by atoms with Crippen LogP contribution in [0.3, 0.4) is 0 Å². The second-order valence-corrected chi connectivity index (χ2v) is 10.8. The Kier molecular flexibility index (Phi) is 4.90. The molecule has 0 aliphatic rings. The number of hydrogen-bond donors (Lipinski definition) is 0. The third kappa shape index (κ3) is 3.25. The third-order valence-corrected chi connectivity index (χ3v) is 8.54. The van der Waals surface area contributed by atoms with Gasteiger partial charge < -0.3 is 4.57 Å². The first-order chi connectivity index (χ1) is 20.9. The average Bonchev–Trinajstić information content (AvgIpc) is 3.58. The molecule has 0 aliphatic carbocycles. The maximum Gasteiger partial charge on any atom is 0.145 e. The topological polar surface area (TPSA) is 22.8 Å². The van der Waals surface area contributed by atoms with Gasteiger partial charge in [0, 0.05) is 44.7 Å². The summed E-state index contributed by atoms with van der Waals surface area (Å²) >= 11 is 0. The SMILES string of the molecule is c1ccc(-n2c3cccc(-c4cccc5c6ccccc6n(-c6ccc7ccccc7c6)c45)c3c3cccnc32)cc1. The molecule has 0 spiro atoms. The molecule has 0 radical (unpaired) electrons. The van der Waals surface area contributed by atoms with Gasteiger partial charge in [-0.1, -0.05) is 97.1 Å². The molecule has 0 saturated heterocycles. The lowest BCUT2D eigenvalue weighted by atomic mass is 9.97. The molecule has 42 heavy (non-hydrogen) atoms. The van der Waals surface area contributed by atoms with Crippen LogP contribution < -0.4 is 0 Å². The number of para-hydroxylation sites is 3. The molecule has 0 aliphatic heterocycles. The summed E-state index contributed by atoms with van der Waals surface area (Å²) < 4.78 is 4.73. The summed E-state index contributed by atoms with van der Waals surface area (Å²) in [6.07, 6.45) is 1.89. The fourth-order valence-corrected chi connectivity index (χ4v) is 6.78. The molecule has 0 fully saturated rings. The fraction of sp³-hybridized carbons (Fsp3) is 0. The number of benzene rings is 6. The van der Waals surface area contributed by atoms with Crippen molar-refractivity contribution < 1.29 is 0 Å². The van der Waals surface area contributed by atoms with Crippen LogP contribution in [-0.4, -0.2) is 14.1 Å². The zero-order chi connectivity index (χ0) is 27.6. The van der Waals surface area contributed by atoms with Crippen LogP contribution in [0.15, 0.2) is 152 Å². The van der Waals surface area contributed by atoms with Crippen molar-refractivity contribution in [2.45, 2.75) is 0 Å². The van der Waals surface area contributed by atoms with E-state index in [0.29, 0.717) is 0 Å². The Labute approximate surface area is 242 Å². The van der Waals surface area contributed by atoms with Crippen molar-refractivity contribution in [3.05, 3.63) is 152 Å². The molecule has 3 heterocycles. The lowest BCUT2D eigenvalue weighted by Gasteiger charge is -2.14. The number of rotatable bonds is 3. The zero-order valence-electron chi connectivity index (χ0n) is 22.8. The van der Waals surface area contributed by atoms with Crippen molar-refractivity contribution in [3.8, 4) is 22.5 Å². The maximum atomic E-state index is 4.88. The number of fused-ring (bicyclic) bond motifs is 7. The Morgan fingerprint density at radius 3 is 2.07 bits per heavy atom. The number of pyridine rings is 1. The molecule has 0 amide bonds. The van der Waals surface area contributed by atoms with E-state index in [4.69, 9.17) is 4.98 Å². The predicted molar refractivity (Wildman–Crippen MR) is 176 cm³/mol. The van der Waals surface area contributed by atoms with E-state index in [1.54, 1.807) is 0 Å². The molecule has 0 unspecified atom stereocenters. The standard InChI is InChI=1S/C39H25N3/c1-2-13-28(14-3-1)42-36-21-9-16-31(37(36)34-19-10-24-40-39(34)42)33-18-8-17-32-30-15-6-7-20-35(30)41(38(32)33)29-23-22-26-11-4-5-12-27(26)25-29/h1-25H. The molecule has 0 bridgehead atoms. The molecule has 0 N–H and O–H groups in total. The Balaban J connectivity index is 1.43. The molecule has 0 atom stereocenters. The summed E-state index contributed by atoms with van der Waals surface area (Å²) in [5, 5.41) is 7.34. The first-order valence-electron chi connectivity index (χ1n) is 14.3. The highest BCUT2D eigenvalue weighted by molar-refractivity contribution is 6.20. The van der Waals surface area contributed by atoms with Gasteiger partial charge in [-0.15, -0.1) is 0 Å². The van der Waals surface area contributed by atoms with Crippen molar-refractivity contribution in [1.82, 2.24) is 14.1 Å². The fourth-order valence-electron chi connectivity index (χ4n) is 6.78. The number of aromatic nitrogens is 3. The maximum absolute atomic E-state index is 4.88. The molecule has 6 aromatic carbocycles. The smallest absolute Gasteiger partial charge is 0.145 e. The average molecular weight is 536 g/mol.